The fourth-order valence-electron chi connectivity index (χ4n) is 2.40. The van der Waals surface area contributed by atoms with E-state index in [0.717, 1.165) is 25.7 Å². The number of hydrogen-bond acceptors (Lipinski definition) is 4. The Hall–Kier alpha value is -0.720. The third-order valence-corrected chi connectivity index (χ3v) is 4.05. The molecule has 0 atom stereocenters. The van der Waals surface area contributed by atoms with Crippen LogP contribution in [0.4, 0.5) is 0 Å². The zero-order chi connectivity index (χ0) is 13.2. The monoisotopic (exact) mass is 315 g/mol. The second-order valence-electron chi connectivity index (χ2n) is 4.75. The molecule has 0 unspecified atom stereocenters. The van der Waals surface area contributed by atoms with E-state index in [1.807, 2.05) is 0 Å². The number of Topliss-reactive ketones (excluding diaryl/α,β-unsaturated/α-hetero) is 1. The lowest BCUT2D eigenvalue weighted by Gasteiger charge is -2.22. The van der Waals surface area contributed by atoms with Gasteiger partial charge in [-0.2, -0.15) is 5.10 Å². The molecule has 1 heterocycles. The summed E-state index contributed by atoms with van der Waals surface area (Å²) in [5.41, 5.74) is 6.07. The molecule has 0 saturated heterocycles. The van der Waals surface area contributed by atoms with Crippen LogP contribution in [0.5, 0.6) is 0 Å². The predicted octanol–water partition coefficient (Wildman–Crippen LogP) is 1.75. The number of carbonyl (C=O) groups is 1. The van der Waals surface area contributed by atoms with Crippen molar-refractivity contribution in [3.8, 4) is 0 Å². The van der Waals surface area contributed by atoms with Gasteiger partial charge in [-0.05, 0) is 28.8 Å². The fourth-order valence-corrected chi connectivity index (χ4v) is 2.88. The van der Waals surface area contributed by atoms with Crippen molar-refractivity contribution >= 4 is 21.7 Å². The number of aromatic nitrogens is 2. The van der Waals surface area contributed by atoms with Crippen molar-refractivity contribution in [2.45, 2.75) is 37.8 Å². The van der Waals surface area contributed by atoms with E-state index in [4.69, 9.17) is 10.5 Å². The van der Waals surface area contributed by atoms with Gasteiger partial charge in [-0.3, -0.25) is 9.48 Å². The zero-order valence-electron chi connectivity index (χ0n) is 10.5. The number of rotatable bonds is 5. The Morgan fingerprint density at radius 3 is 2.89 bits per heavy atom. The number of halogens is 1. The lowest BCUT2D eigenvalue weighted by atomic mass is 9.91. The zero-order valence-corrected chi connectivity index (χ0v) is 12.1. The average Bonchev–Trinajstić information content (AvgIpc) is 2.93. The molecule has 100 valence electrons. The van der Waals surface area contributed by atoms with Gasteiger partial charge in [-0.15, -0.1) is 0 Å². The summed E-state index contributed by atoms with van der Waals surface area (Å²) in [6, 6.07) is 0. The molecule has 1 aliphatic rings. The first kappa shape index (κ1) is 13.7. The highest BCUT2D eigenvalue weighted by molar-refractivity contribution is 9.10. The molecule has 2 rings (SSSR count). The number of methoxy groups -OCH3 is 1. The number of hydrogen-bond donors (Lipinski definition) is 1. The summed E-state index contributed by atoms with van der Waals surface area (Å²) in [5, 5.41) is 4.19. The second kappa shape index (κ2) is 5.50. The Labute approximate surface area is 115 Å². The summed E-state index contributed by atoms with van der Waals surface area (Å²) < 4.78 is 7.40. The molecule has 1 aromatic rings. The van der Waals surface area contributed by atoms with Crippen LogP contribution in [0.25, 0.3) is 0 Å². The molecule has 1 aliphatic carbocycles. The van der Waals surface area contributed by atoms with Crippen molar-refractivity contribution in [3.63, 3.8) is 0 Å². The molecule has 1 saturated carbocycles. The molecule has 0 spiro atoms. The van der Waals surface area contributed by atoms with Crippen LogP contribution in [0.15, 0.2) is 10.7 Å². The van der Waals surface area contributed by atoms with Gasteiger partial charge in [0.15, 0.2) is 0 Å². The minimum absolute atomic E-state index is 0.0134. The summed E-state index contributed by atoms with van der Waals surface area (Å²) in [5.74, 6) is -0.0134. The van der Waals surface area contributed by atoms with Gasteiger partial charge in [0.25, 0.3) is 0 Å². The van der Waals surface area contributed by atoms with Crippen molar-refractivity contribution in [3.05, 3.63) is 16.4 Å². The van der Waals surface area contributed by atoms with Crippen LogP contribution in [0, 0.1) is 0 Å². The Morgan fingerprint density at radius 1 is 1.61 bits per heavy atom. The minimum atomic E-state index is -0.715. The van der Waals surface area contributed by atoms with Crippen molar-refractivity contribution in [2.24, 2.45) is 5.73 Å². The molecule has 18 heavy (non-hydrogen) atoms. The summed E-state index contributed by atoms with van der Waals surface area (Å²) in [7, 11) is 1.63. The molecule has 0 radical (unpaired) electrons. The lowest BCUT2D eigenvalue weighted by Crippen LogP contribution is -2.46. The van der Waals surface area contributed by atoms with Crippen LogP contribution in [0.1, 0.15) is 36.2 Å². The number of carbonyl (C=O) groups excluding carboxylic acids is 1. The van der Waals surface area contributed by atoms with E-state index >= 15 is 0 Å². The van der Waals surface area contributed by atoms with Crippen LogP contribution < -0.4 is 5.73 Å². The SMILES string of the molecule is COCCn1ncc(Br)c1C(=O)C1(N)CCCC1. The number of ketones is 1. The van der Waals surface area contributed by atoms with E-state index in [-0.39, 0.29) is 5.78 Å². The largest absolute Gasteiger partial charge is 0.383 e. The van der Waals surface area contributed by atoms with Crippen molar-refractivity contribution in [2.75, 3.05) is 13.7 Å². The quantitative estimate of drug-likeness (QED) is 0.840. The topological polar surface area (TPSA) is 70.1 Å². The third kappa shape index (κ3) is 2.50. The molecule has 0 bridgehead atoms. The Bertz CT molecular complexity index is 439. The molecule has 1 aromatic heterocycles. The Kier molecular flexibility index (Phi) is 4.19. The highest BCUT2D eigenvalue weighted by atomic mass is 79.9. The van der Waals surface area contributed by atoms with E-state index in [1.54, 1.807) is 18.0 Å². The van der Waals surface area contributed by atoms with Gasteiger partial charge < -0.3 is 10.5 Å². The fraction of sp³-hybridized carbons (Fsp3) is 0.667. The van der Waals surface area contributed by atoms with Crippen LogP contribution >= 0.6 is 15.9 Å². The van der Waals surface area contributed by atoms with Crippen molar-refractivity contribution in [1.82, 2.24) is 9.78 Å². The molecule has 0 amide bonds. The predicted molar refractivity (Wildman–Crippen MR) is 71.5 cm³/mol. The van der Waals surface area contributed by atoms with Gasteiger partial charge in [0, 0.05) is 7.11 Å². The molecule has 2 N–H and O–H groups in total. The van der Waals surface area contributed by atoms with Crippen molar-refractivity contribution < 1.29 is 9.53 Å². The van der Waals surface area contributed by atoms with Gasteiger partial charge in [0.05, 0.1) is 29.4 Å². The van der Waals surface area contributed by atoms with E-state index in [9.17, 15) is 4.79 Å². The molecular weight excluding hydrogens is 298 g/mol. The normalized spacial score (nSPS) is 18.2. The maximum absolute atomic E-state index is 12.6. The highest BCUT2D eigenvalue weighted by Crippen LogP contribution is 2.32. The van der Waals surface area contributed by atoms with Crippen LogP contribution in [-0.4, -0.2) is 34.8 Å². The minimum Gasteiger partial charge on any atom is -0.383 e. The second-order valence-corrected chi connectivity index (χ2v) is 5.60. The van der Waals surface area contributed by atoms with E-state index < -0.39 is 5.54 Å². The first-order valence-corrected chi connectivity index (χ1v) is 6.92. The Balaban J connectivity index is 2.26. The molecule has 6 heteroatoms. The first-order valence-electron chi connectivity index (χ1n) is 6.12. The molecule has 5 nitrogen and oxygen atoms in total. The summed E-state index contributed by atoms with van der Waals surface area (Å²) in [4.78, 5) is 12.6. The maximum atomic E-state index is 12.6. The van der Waals surface area contributed by atoms with E-state index in [0.29, 0.717) is 23.3 Å². The van der Waals surface area contributed by atoms with E-state index in [2.05, 4.69) is 21.0 Å². The lowest BCUT2D eigenvalue weighted by molar-refractivity contribution is 0.0876. The first-order chi connectivity index (χ1) is 8.58. The number of nitrogens with two attached hydrogens (primary N) is 1. The summed E-state index contributed by atoms with van der Waals surface area (Å²) in [6.07, 6.45) is 5.20. The van der Waals surface area contributed by atoms with Gasteiger partial charge >= 0.3 is 0 Å². The molecule has 0 aliphatic heterocycles. The number of ether oxygens (including phenoxy) is 1. The Morgan fingerprint density at radius 2 is 2.28 bits per heavy atom. The third-order valence-electron chi connectivity index (χ3n) is 3.47. The summed E-state index contributed by atoms with van der Waals surface area (Å²) in [6.45, 7) is 1.07. The molecule has 1 fully saturated rings. The maximum Gasteiger partial charge on any atom is 0.201 e. The molecular formula is C12H18BrN3O2. The van der Waals surface area contributed by atoms with Gasteiger partial charge in [-0.25, -0.2) is 0 Å². The van der Waals surface area contributed by atoms with Crippen LogP contribution in [-0.2, 0) is 11.3 Å². The van der Waals surface area contributed by atoms with E-state index in [1.165, 1.54) is 0 Å². The highest BCUT2D eigenvalue weighted by Gasteiger charge is 2.39. The van der Waals surface area contributed by atoms with Gasteiger partial charge in [0.1, 0.15) is 5.69 Å². The molecule has 0 aromatic carbocycles. The smallest absolute Gasteiger partial charge is 0.201 e. The average molecular weight is 316 g/mol. The van der Waals surface area contributed by atoms with Crippen LogP contribution in [0.3, 0.4) is 0 Å². The summed E-state index contributed by atoms with van der Waals surface area (Å²) >= 11 is 3.38. The number of nitrogens with zero attached hydrogens (tertiary/aromatic N) is 2. The van der Waals surface area contributed by atoms with Gasteiger partial charge in [-0.1, -0.05) is 12.8 Å². The van der Waals surface area contributed by atoms with Crippen molar-refractivity contribution in [1.29, 1.82) is 0 Å². The standard InChI is InChI=1S/C12H18BrN3O2/c1-18-7-6-16-10(9(13)8-15-16)11(17)12(14)4-2-3-5-12/h8H,2-7,14H2,1H3. The van der Waals surface area contributed by atoms with Gasteiger partial charge in [0.2, 0.25) is 5.78 Å². The van der Waals surface area contributed by atoms with Crippen LogP contribution in [0.2, 0.25) is 0 Å².